The van der Waals surface area contributed by atoms with Gasteiger partial charge in [0, 0.05) is 44.9 Å². The number of carboxylic acids is 2. The van der Waals surface area contributed by atoms with E-state index in [1.54, 1.807) is 12.1 Å². The number of carbonyl (C=O) groups is 5. The molecule has 0 bridgehead atoms. The highest BCUT2D eigenvalue weighted by molar-refractivity contribution is 7.92. The summed E-state index contributed by atoms with van der Waals surface area (Å²) in [6.07, 6.45) is 19.7. The first-order chi connectivity index (χ1) is 32.0. The lowest BCUT2D eigenvalue weighted by molar-refractivity contribution is -0.143. The van der Waals surface area contributed by atoms with Gasteiger partial charge in [-0.1, -0.05) is 77.0 Å². The molecular weight excluding hydrogens is 881 g/mol. The second-order valence-electron chi connectivity index (χ2n) is 15.5. The van der Waals surface area contributed by atoms with Crippen LogP contribution >= 0.6 is 0 Å². The first-order valence-electron chi connectivity index (χ1n) is 23.1. The molecule has 21 heteroatoms. The van der Waals surface area contributed by atoms with Crippen LogP contribution in [0.15, 0.2) is 41.6 Å². The fourth-order valence-corrected chi connectivity index (χ4v) is 7.18. The lowest BCUT2D eigenvalue weighted by atomic mass is 10.0. The number of ether oxygens (including phenoxy) is 5. The molecule has 2 rings (SSSR count). The minimum Gasteiger partial charge on any atom is -0.494 e. The Hall–Kier alpha value is -4.96. The summed E-state index contributed by atoms with van der Waals surface area (Å²) in [6.45, 7) is 2.37. The van der Waals surface area contributed by atoms with Gasteiger partial charge < -0.3 is 49.8 Å². The molecule has 1 heterocycles. The Balaban J connectivity index is 1.44. The van der Waals surface area contributed by atoms with Crippen molar-refractivity contribution in [2.45, 2.75) is 120 Å². The van der Waals surface area contributed by atoms with Crippen LogP contribution in [-0.4, -0.2) is 137 Å². The summed E-state index contributed by atoms with van der Waals surface area (Å²) in [4.78, 5) is 65.3. The molecule has 372 valence electrons. The number of unbranched alkanes of at least 4 members (excludes halogenated alkanes) is 14. The molecule has 0 aliphatic rings. The third kappa shape index (κ3) is 31.0. The first-order valence-corrected chi connectivity index (χ1v) is 24.6. The standard InChI is InChI=1S/C45H72N6O14S/c52-40(46-24-27-61-29-31-63-35-41(53)47-25-28-62-30-32-64-36-43(56)57)17-13-12-15-23-48-44(58)37-33-49-45(50-34-37)51-66(59,60)39-21-19-38(20-22-39)65-26-16-11-9-7-5-3-1-2-4-6-8-10-14-18-42(54)55/h19-22,33-34H,1-18,23-32,35-36H2,(H,46,52)(H,47,53)(H,48,58)(H,54,55)(H,56,57)(H,49,50,51). The minimum absolute atomic E-state index is 0.0169. The number of hydrogen-bond acceptors (Lipinski definition) is 14. The number of hydrogen-bond donors (Lipinski definition) is 6. The number of sulfonamides is 1. The molecule has 20 nitrogen and oxygen atoms in total. The Labute approximate surface area is 389 Å². The Kier molecular flexibility index (Phi) is 32.2. The average Bonchev–Trinajstić information content (AvgIpc) is 3.29. The fraction of sp³-hybridized carbons (Fsp3) is 0.667. The topological polar surface area (TPSA) is 280 Å². The molecule has 1 aromatic heterocycles. The van der Waals surface area contributed by atoms with Crippen LogP contribution in [0.25, 0.3) is 0 Å². The van der Waals surface area contributed by atoms with E-state index in [4.69, 9.17) is 33.9 Å². The molecule has 0 atom stereocenters. The van der Waals surface area contributed by atoms with Gasteiger partial charge in [0.15, 0.2) is 0 Å². The SMILES string of the molecule is O=C(O)CCCCCCCCCCCCCCCOc1ccc(S(=O)(=O)Nc2ncc(C(=O)NCCCCCC(=O)NCCOCCOCC(=O)NCCOCCOCC(=O)O)cn2)cc1. The predicted octanol–water partition coefficient (Wildman–Crippen LogP) is 4.88. The first kappa shape index (κ1) is 57.2. The van der Waals surface area contributed by atoms with Crippen molar-refractivity contribution in [2.24, 2.45) is 0 Å². The summed E-state index contributed by atoms with van der Waals surface area (Å²) in [5.41, 5.74) is 0.169. The van der Waals surface area contributed by atoms with Crippen LogP contribution in [0.4, 0.5) is 5.95 Å². The molecule has 0 aliphatic heterocycles. The summed E-state index contributed by atoms with van der Waals surface area (Å²) in [6, 6.07) is 6.12. The van der Waals surface area contributed by atoms with E-state index in [0.717, 1.165) is 38.5 Å². The Morgan fingerprint density at radius 1 is 0.500 bits per heavy atom. The van der Waals surface area contributed by atoms with Gasteiger partial charge in [-0.3, -0.25) is 19.2 Å². The third-order valence-electron chi connectivity index (χ3n) is 9.78. The molecule has 6 N–H and O–H groups in total. The molecule has 0 spiro atoms. The minimum atomic E-state index is -3.98. The van der Waals surface area contributed by atoms with Gasteiger partial charge in [-0.25, -0.2) is 27.9 Å². The number of nitrogens with one attached hydrogen (secondary N) is 4. The van der Waals surface area contributed by atoms with Crippen LogP contribution in [0.2, 0.25) is 0 Å². The van der Waals surface area contributed by atoms with E-state index in [0.29, 0.717) is 51.1 Å². The van der Waals surface area contributed by atoms with Crippen molar-refractivity contribution in [3.05, 3.63) is 42.2 Å². The molecule has 0 saturated heterocycles. The maximum atomic E-state index is 12.9. The van der Waals surface area contributed by atoms with E-state index in [1.807, 2.05) is 0 Å². The van der Waals surface area contributed by atoms with Crippen LogP contribution in [-0.2, 0) is 48.1 Å². The maximum Gasteiger partial charge on any atom is 0.329 e. The van der Waals surface area contributed by atoms with Gasteiger partial charge in [0.1, 0.15) is 19.0 Å². The summed E-state index contributed by atoms with van der Waals surface area (Å²) in [5.74, 6) is -2.19. The maximum absolute atomic E-state index is 12.9. The highest BCUT2D eigenvalue weighted by Gasteiger charge is 2.17. The molecule has 66 heavy (non-hydrogen) atoms. The molecule has 0 aliphatic carbocycles. The number of nitrogens with zero attached hydrogens (tertiary/aromatic N) is 2. The van der Waals surface area contributed by atoms with Gasteiger partial charge >= 0.3 is 11.9 Å². The number of rotatable bonds is 43. The summed E-state index contributed by atoms with van der Waals surface area (Å²) in [5, 5.41) is 25.3. The van der Waals surface area contributed by atoms with E-state index in [9.17, 15) is 32.4 Å². The zero-order valence-electron chi connectivity index (χ0n) is 38.3. The Bertz CT molecular complexity index is 1750. The highest BCUT2D eigenvalue weighted by atomic mass is 32.2. The van der Waals surface area contributed by atoms with Crippen molar-refractivity contribution >= 4 is 45.6 Å². The van der Waals surface area contributed by atoms with Gasteiger partial charge in [0.2, 0.25) is 17.8 Å². The third-order valence-corrected chi connectivity index (χ3v) is 11.1. The van der Waals surface area contributed by atoms with Crippen molar-refractivity contribution < 1.29 is 66.3 Å². The van der Waals surface area contributed by atoms with E-state index in [2.05, 4.69) is 30.6 Å². The molecule has 3 amide bonds. The molecule has 1 aromatic carbocycles. The zero-order chi connectivity index (χ0) is 47.9. The van der Waals surface area contributed by atoms with Crippen molar-refractivity contribution in [2.75, 3.05) is 83.8 Å². The summed E-state index contributed by atoms with van der Waals surface area (Å²) in [7, 11) is -3.98. The molecule has 0 radical (unpaired) electrons. The quantitative estimate of drug-likeness (QED) is 0.0484. The zero-order valence-corrected chi connectivity index (χ0v) is 39.1. The van der Waals surface area contributed by atoms with E-state index < -0.39 is 27.9 Å². The van der Waals surface area contributed by atoms with Gasteiger partial charge in [0.05, 0.1) is 56.7 Å². The summed E-state index contributed by atoms with van der Waals surface area (Å²) >= 11 is 0. The van der Waals surface area contributed by atoms with Crippen molar-refractivity contribution in [1.29, 1.82) is 0 Å². The number of carbonyl (C=O) groups excluding carboxylic acids is 3. The molecule has 0 unspecified atom stereocenters. The Morgan fingerprint density at radius 2 is 1.00 bits per heavy atom. The summed E-state index contributed by atoms with van der Waals surface area (Å²) < 4.78 is 54.7. The Morgan fingerprint density at radius 3 is 1.58 bits per heavy atom. The van der Waals surface area contributed by atoms with E-state index >= 15 is 0 Å². The monoisotopic (exact) mass is 952 g/mol. The molecule has 0 saturated carbocycles. The molecule has 0 fully saturated rings. The second-order valence-corrected chi connectivity index (χ2v) is 17.1. The normalized spacial score (nSPS) is 11.2. The largest absolute Gasteiger partial charge is 0.494 e. The van der Waals surface area contributed by atoms with E-state index in [1.165, 1.54) is 69.5 Å². The van der Waals surface area contributed by atoms with Crippen LogP contribution in [0.5, 0.6) is 5.75 Å². The van der Waals surface area contributed by atoms with Gasteiger partial charge in [-0.2, -0.15) is 0 Å². The van der Waals surface area contributed by atoms with Gasteiger partial charge in [-0.15, -0.1) is 0 Å². The number of anilines is 1. The highest BCUT2D eigenvalue weighted by Crippen LogP contribution is 2.19. The van der Waals surface area contributed by atoms with Gasteiger partial charge in [-0.05, 0) is 49.9 Å². The van der Waals surface area contributed by atoms with Crippen molar-refractivity contribution in [1.82, 2.24) is 25.9 Å². The van der Waals surface area contributed by atoms with Gasteiger partial charge in [0.25, 0.3) is 15.9 Å². The number of aromatic nitrogens is 2. The fourth-order valence-electron chi connectivity index (χ4n) is 6.23. The van der Waals surface area contributed by atoms with Crippen LogP contribution in [0.1, 0.15) is 126 Å². The smallest absolute Gasteiger partial charge is 0.329 e. The van der Waals surface area contributed by atoms with Crippen molar-refractivity contribution in [3.63, 3.8) is 0 Å². The van der Waals surface area contributed by atoms with Crippen LogP contribution in [0, 0.1) is 0 Å². The predicted molar refractivity (Wildman–Crippen MR) is 245 cm³/mol. The number of amides is 3. The number of carboxylic acid groups (broad SMARTS) is 2. The average molecular weight is 953 g/mol. The van der Waals surface area contributed by atoms with Crippen LogP contribution in [0.3, 0.4) is 0 Å². The number of aliphatic carboxylic acids is 2. The second kappa shape index (κ2) is 37.2. The van der Waals surface area contributed by atoms with Crippen molar-refractivity contribution in [3.8, 4) is 5.75 Å². The number of benzene rings is 1. The van der Waals surface area contributed by atoms with Crippen LogP contribution < -0.4 is 25.4 Å². The molecular formula is C45H72N6O14S. The van der Waals surface area contributed by atoms with E-state index in [-0.39, 0.29) is 94.0 Å². The lowest BCUT2D eigenvalue weighted by Gasteiger charge is -2.09. The molecule has 2 aromatic rings. The lowest BCUT2D eigenvalue weighted by Crippen LogP contribution is -2.31.